The Balaban J connectivity index is 1.20. The normalized spacial score (nSPS) is 22.7. The van der Waals surface area contributed by atoms with Crippen molar-refractivity contribution in [3.05, 3.63) is 126 Å². The van der Waals surface area contributed by atoms with E-state index in [-0.39, 0.29) is 17.7 Å². The zero-order valence-corrected chi connectivity index (χ0v) is 31.3. The molecule has 8 aromatic rings. The topological polar surface area (TPSA) is 13.1 Å². The predicted octanol–water partition coefficient (Wildman–Crippen LogP) is 10.8. The summed E-state index contributed by atoms with van der Waals surface area (Å²) in [5.74, 6) is 0.555. The standard InChI is InChI=1S/C50H44BN3/c1-49-28-14-15-29-50(49,2)54(40-24-12-8-20-35(40)49)32-26-27-37-42(30-32)53-39-23-11-7-19-34(39)45-43(31-16-4-3-5-17-31)44-33-18-6-10-22-38(33)52-41-25-13-9-21-36(41)51(37)46(47(44)52)48(45)53/h6-13,18-27,30-31H,3-5,14-17,28-29H2,1-2H3. The van der Waals surface area contributed by atoms with Crippen LogP contribution >= 0.6 is 0 Å². The Labute approximate surface area is 317 Å². The minimum absolute atomic E-state index is 0.0164. The average Bonchev–Trinajstić information content (AvgIpc) is 3.82. The van der Waals surface area contributed by atoms with Crippen molar-refractivity contribution in [3.8, 4) is 11.4 Å². The lowest BCUT2D eigenvalue weighted by Gasteiger charge is -2.50. The number of anilines is 2. The highest BCUT2D eigenvalue weighted by molar-refractivity contribution is 7.00. The molecule has 2 saturated carbocycles. The van der Waals surface area contributed by atoms with Gasteiger partial charge in [0, 0.05) is 49.7 Å². The lowest BCUT2D eigenvalue weighted by molar-refractivity contribution is 0.195. The van der Waals surface area contributed by atoms with E-state index < -0.39 is 0 Å². The van der Waals surface area contributed by atoms with Crippen molar-refractivity contribution in [2.75, 3.05) is 4.90 Å². The first-order chi connectivity index (χ1) is 26.6. The van der Waals surface area contributed by atoms with Gasteiger partial charge < -0.3 is 14.0 Å². The fourth-order valence-electron chi connectivity index (χ4n) is 13.0. The van der Waals surface area contributed by atoms with E-state index in [0.29, 0.717) is 5.92 Å². The second-order valence-corrected chi connectivity index (χ2v) is 17.7. The monoisotopic (exact) mass is 697 g/mol. The summed E-state index contributed by atoms with van der Waals surface area (Å²) >= 11 is 0. The van der Waals surface area contributed by atoms with E-state index in [9.17, 15) is 0 Å². The maximum absolute atomic E-state index is 2.77. The van der Waals surface area contributed by atoms with Gasteiger partial charge in [-0.1, -0.05) is 118 Å². The van der Waals surface area contributed by atoms with Crippen LogP contribution in [0, 0.1) is 0 Å². The molecule has 6 aromatic carbocycles. The van der Waals surface area contributed by atoms with Gasteiger partial charge in [-0.25, -0.2) is 0 Å². The Morgan fingerprint density at radius 2 is 1.19 bits per heavy atom. The molecule has 0 bridgehead atoms. The molecule has 5 aliphatic rings. The molecule has 13 rings (SSSR count). The van der Waals surface area contributed by atoms with Crippen molar-refractivity contribution in [1.29, 1.82) is 0 Å². The van der Waals surface area contributed by atoms with E-state index in [2.05, 4.69) is 143 Å². The van der Waals surface area contributed by atoms with Gasteiger partial charge in [-0.05, 0) is 102 Å². The van der Waals surface area contributed by atoms with Gasteiger partial charge in [0.2, 0.25) is 0 Å². The van der Waals surface area contributed by atoms with Crippen LogP contribution in [0.15, 0.2) is 115 Å². The fourth-order valence-corrected chi connectivity index (χ4v) is 13.0. The van der Waals surface area contributed by atoms with Gasteiger partial charge in [0.05, 0.1) is 27.6 Å². The summed E-state index contributed by atoms with van der Waals surface area (Å²) in [4.78, 5) is 2.77. The lowest BCUT2D eigenvalue weighted by atomic mass is 9.34. The highest BCUT2D eigenvalue weighted by Gasteiger charge is 2.57. The number of para-hydroxylation sites is 4. The van der Waals surface area contributed by atoms with Crippen molar-refractivity contribution in [2.45, 2.75) is 88.5 Å². The summed E-state index contributed by atoms with van der Waals surface area (Å²) in [5, 5.41) is 5.86. The van der Waals surface area contributed by atoms with Crippen LogP contribution in [0.3, 0.4) is 0 Å². The fraction of sp³-hybridized carbons (Fsp3) is 0.280. The minimum Gasteiger partial charge on any atom is -0.334 e. The second kappa shape index (κ2) is 10.3. The first-order valence-electron chi connectivity index (χ1n) is 20.7. The Hall–Kier alpha value is -5.22. The minimum atomic E-state index is 0.0164. The van der Waals surface area contributed by atoms with Crippen LogP contribution in [0.25, 0.3) is 55.0 Å². The van der Waals surface area contributed by atoms with Crippen LogP contribution < -0.4 is 21.3 Å². The molecular formula is C50H44BN3. The third-order valence-electron chi connectivity index (χ3n) is 15.4. The van der Waals surface area contributed by atoms with Gasteiger partial charge in [-0.2, -0.15) is 0 Å². The van der Waals surface area contributed by atoms with E-state index in [1.807, 2.05) is 0 Å². The first kappa shape index (κ1) is 30.1. The van der Waals surface area contributed by atoms with Gasteiger partial charge in [0.25, 0.3) is 6.71 Å². The second-order valence-electron chi connectivity index (χ2n) is 17.7. The van der Waals surface area contributed by atoms with E-state index >= 15 is 0 Å². The van der Waals surface area contributed by atoms with Gasteiger partial charge >= 0.3 is 0 Å². The quantitative estimate of drug-likeness (QED) is 0.164. The molecule has 0 spiro atoms. The van der Waals surface area contributed by atoms with Crippen molar-refractivity contribution in [2.24, 2.45) is 0 Å². The molecule has 2 aromatic heterocycles. The van der Waals surface area contributed by atoms with Crippen molar-refractivity contribution in [1.82, 2.24) is 9.13 Å². The molecule has 0 N–H and O–H groups in total. The molecule has 54 heavy (non-hydrogen) atoms. The van der Waals surface area contributed by atoms with Crippen molar-refractivity contribution < 1.29 is 0 Å². The zero-order valence-electron chi connectivity index (χ0n) is 31.3. The van der Waals surface area contributed by atoms with Crippen LogP contribution in [0.5, 0.6) is 0 Å². The van der Waals surface area contributed by atoms with Crippen LogP contribution in [0.2, 0.25) is 0 Å². The molecule has 3 aliphatic heterocycles. The Morgan fingerprint density at radius 1 is 0.574 bits per heavy atom. The molecule has 5 heterocycles. The highest BCUT2D eigenvalue weighted by Crippen LogP contribution is 2.61. The van der Waals surface area contributed by atoms with E-state index in [4.69, 9.17) is 0 Å². The molecule has 3 nitrogen and oxygen atoms in total. The largest absolute Gasteiger partial charge is 0.334 e. The van der Waals surface area contributed by atoms with Crippen molar-refractivity contribution in [3.63, 3.8) is 0 Å². The van der Waals surface area contributed by atoms with Gasteiger partial charge in [-0.3, -0.25) is 0 Å². The molecule has 4 heteroatoms. The molecule has 0 radical (unpaired) electrons. The zero-order chi connectivity index (χ0) is 35.5. The molecular weight excluding hydrogens is 653 g/mol. The Bertz CT molecular complexity index is 2940. The van der Waals surface area contributed by atoms with Crippen LogP contribution in [-0.4, -0.2) is 21.4 Å². The molecule has 262 valence electrons. The maximum atomic E-state index is 2.77. The Kier molecular flexibility index (Phi) is 5.75. The number of hydrogen-bond donors (Lipinski definition) is 0. The molecule has 2 atom stereocenters. The summed E-state index contributed by atoms with van der Waals surface area (Å²) in [6, 6.07) is 45.0. The summed E-state index contributed by atoms with van der Waals surface area (Å²) in [5.41, 5.74) is 18.6. The highest BCUT2D eigenvalue weighted by atomic mass is 15.3. The van der Waals surface area contributed by atoms with Crippen LogP contribution in [-0.2, 0) is 5.41 Å². The molecule has 0 amide bonds. The SMILES string of the molecule is CC12CCCCC1(C)N(c1ccc3c(c1)-n1c4ccccc4c4c(C5CCCCC5)c5c6ccccc6n6c5c(c41)B3c1ccccc1-6)c1ccccc12. The summed E-state index contributed by atoms with van der Waals surface area (Å²) in [6.45, 7) is 5.28. The van der Waals surface area contributed by atoms with Gasteiger partial charge in [-0.15, -0.1) is 0 Å². The number of nitrogens with zero attached hydrogens (tertiary/aromatic N) is 3. The van der Waals surface area contributed by atoms with E-state index in [1.165, 1.54) is 146 Å². The smallest absolute Gasteiger partial charge is 0.252 e. The molecule has 2 aliphatic carbocycles. The van der Waals surface area contributed by atoms with Gasteiger partial charge in [0.15, 0.2) is 0 Å². The predicted molar refractivity (Wildman–Crippen MR) is 228 cm³/mol. The van der Waals surface area contributed by atoms with E-state index in [0.717, 1.165) is 0 Å². The first-order valence-corrected chi connectivity index (χ1v) is 20.7. The summed E-state index contributed by atoms with van der Waals surface area (Å²) < 4.78 is 5.38. The molecule has 2 unspecified atom stereocenters. The number of aromatic nitrogens is 2. The number of rotatable bonds is 2. The number of benzene rings is 6. The number of fused-ring (bicyclic) bond motifs is 15. The average molecular weight is 698 g/mol. The van der Waals surface area contributed by atoms with Crippen molar-refractivity contribution >= 4 is 78.1 Å². The third-order valence-corrected chi connectivity index (χ3v) is 15.4. The van der Waals surface area contributed by atoms with E-state index in [1.54, 1.807) is 5.56 Å². The van der Waals surface area contributed by atoms with Gasteiger partial charge in [0.1, 0.15) is 0 Å². The maximum Gasteiger partial charge on any atom is 0.252 e. The van der Waals surface area contributed by atoms with Crippen LogP contribution in [0.4, 0.5) is 11.4 Å². The molecule has 0 saturated heterocycles. The number of hydrogen-bond acceptors (Lipinski definition) is 1. The summed E-state index contributed by atoms with van der Waals surface area (Å²) in [6.07, 6.45) is 11.6. The van der Waals surface area contributed by atoms with Crippen LogP contribution in [0.1, 0.15) is 88.7 Å². The lowest BCUT2D eigenvalue weighted by Crippen LogP contribution is -2.59. The Morgan fingerprint density at radius 3 is 1.94 bits per heavy atom. The summed E-state index contributed by atoms with van der Waals surface area (Å²) in [7, 11) is 0. The third kappa shape index (κ3) is 3.40. The molecule has 2 fully saturated rings.